The van der Waals surface area contributed by atoms with Gasteiger partial charge in [0.25, 0.3) is 0 Å². The smallest absolute Gasteiger partial charge is 0.313 e. The average Bonchev–Trinajstić information content (AvgIpc) is 3.19. The third-order valence-corrected chi connectivity index (χ3v) is 6.05. The van der Waals surface area contributed by atoms with E-state index in [9.17, 15) is 9.59 Å². The first-order valence-corrected chi connectivity index (χ1v) is 12.0. The number of benzene rings is 2. The topological polar surface area (TPSA) is 79.3 Å². The largest absolute Gasteiger partial charge is 0.322 e. The van der Waals surface area contributed by atoms with Crippen molar-refractivity contribution in [2.75, 3.05) is 17.2 Å². The lowest BCUT2D eigenvalue weighted by Crippen LogP contribution is -2.44. The number of aryl methyl sites for hydroxylation is 2. The molecule has 0 spiro atoms. The third-order valence-electron chi connectivity index (χ3n) is 5.65. The molecular weight excluding hydrogens is 462 g/mol. The van der Waals surface area contributed by atoms with Crippen LogP contribution < -0.4 is 10.6 Å². The second kappa shape index (κ2) is 10.5. The number of rotatable bonds is 6. The van der Waals surface area contributed by atoms with E-state index < -0.39 is 0 Å². The molecule has 0 aliphatic carbocycles. The first kappa shape index (κ1) is 26.3. The Bertz CT molecular complexity index is 1210. The van der Waals surface area contributed by atoms with Gasteiger partial charge in [0.15, 0.2) is 0 Å². The van der Waals surface area contributed by atoms with Crippen LogP contribution in [0, 0.1) is 13.8 Å². The zero-order valence-electron chi connectivity index (χ0n) is 21.4. The summed E-state index contributed by atoms with van der Waals surface area (Å²) in [5.74, 6) is 0.239. The molecule has 0 fully saturated rings. The van der Waals surface area contributed by atoms with Gasteiger partial charge in [0, 0.05) is 28.2 Å². The third kappa shape index (κ3) is 6.63. The Morgan fingerprint density at radius 2 is 1.69 bits per heavy atom. The number of halogens is 1. The summed E-state index contributed by atoms with van der Waals surface area (Å²) in [6.45, 7) is 13.7. The number of nitrogens with one attached hydrogen (secondary N) is 2. The standard InChI is InChI=1S/C27H34ClN5O2/c1-17(2)32(26(35)29-20-11-10-19(4)22(28)14-20)16-25(34)30-24-15-23(27(5,6)7)31-33(24)21-12-8-18(3)9-13-21/h8-15,17H,16H2,1-7H3,(H,29,35)(H,30,34). The molecule has 1 aromatic heterocycles. The van der Waals surface area contributed by atoms with Crippen molar-refractivity contribution in [1.82, 2.24) is 14.7 Å². The van der Waals surface area contributed by atoms with Crippen LogP contribution in [-0.4, -0.2) is 39.2 Å². The lowest BCUT2D eigenvalue weighted by Gasteiger charge is -2.26. The Hall–Kier alpha value is -3.32. The minimum absolute atomic E-state index is 0.118. The van der Waals surface area contributed by atoms with Crippen LogP contribution in [0.5, 0.6) is 0 Å². The van der Waals surface area contributed by atoms with Crippen molar-refractivity contribution in [3.63, 3.8) is 0 Å². The minimum atomic E-state index is -0.377. The van der Waals surface area contributed by atoms with Gasteiger partial charge in [-0.05, 0) is 57.5 Å². The van der Waals surface area contributed by atoms with Gasteiger partial charge in [0.2, 0.25) is 5.91 Å². The van der Waals surface area contributed by atoms with Gasteiger partial charge >= 0.3 is 6.03 Å². The van der Waals surface area contributed by atoms with E-state index in [0.29, 0.717) is 16.5 Å². The van der Waals surface area contributed by atoms with Gasteiger partial charge in [-0.2, -0.15) is 5.10 Å². The van der Waals surface area contributed by atoms with E-state index in [2.05, 4.69) is 31.4 Å². The normalized spacial score (nSPS) is 11.5. The maximum absolute atomic E-state index is 13.1. The zero-order valence-corrected chi connectivity index (χ0v) is 22.2. The minimum Gasteiger partial charge on any atom is -0.313 e. The number of carbonyl (C=O) groups is 2. The van der Waals surface area contributed by atoms with Gasteiger partial charge in [0.05, 0.1) is 11.4 Å². The van der Waals surface area contributed by atoms with E-state index in [4.69, 9.17) is 16.7 Å². The summed E-state index contributed by atoms with van der Waals surface area (Å²) in [6, 6.07) is 14.5. The van der Waals surface area contributed by atoms with Crippen LogP contribution in [0.15, 0.2) is 48.5 Å². The number of carbonyl (C=O) groups excluding carboxylic acids is 2. The number of aromatic nitrogens is 2. The molecule has 2 aromatic carbocycles. The van der Waals surface area contributed by atoms with Crippen LogP contribution in [0.4, 0.5) is 16.3 Å². The summed E-state index contributed by atoms with van der Waals surface area (Å²) >= 11 is 6.18. The van der Waals surface area contributed by atoms with Crippen molar-refractivity contribution >= 4 is 35.0 Å². The predicted molar refractivity (Wildman–Crippen MR) is 143 cm³/mol. The summed E-state index contributed by atoms with van der Waals surface area (Å²) in [7, 11) is 0. The lowest BCUT2D eigenvalue weighted by molar-refractivity contribution is -0.117. The van der Waals surface area contributed by atoms with Crippen molar-refractivity contribution in [3.05, 3.63) is 70.4 Å². The fourth-order valence-electron chi connectivity index (χ4n) is 3.41. The quantitative estimate of drug-likeness (QED) is 0.420. The maximum Gasteiger partial charge on any atom is 0.322 e. The SMILES string of the molecule is Cc1ccc(-n2nc(C(C)(C)C)cc2NC(=O)CN(C(=O)Nc2ccc(C)c(Cl)c2)C(C)C)cc1. The van der Waals surface area contributed by atoms with Gasteiger partial charge in [-0.1, -0.05) is 56.1 Å². The van der Waals surface area contributed by atoms with E-state index in [1.54, 1.807) is 16.8 Å². The number of nitrogens with zero attached hydrogens (tertiary/aromatic N) is 3. The number of hydrogen-bond donors (Lipinski definition) is 2. The Balaban J connectivity index is 1.80. The summed E-state index contributed by atoms with van der Waals surface area (Å²) < 4.78 is 1.73. The molecule has 7 nitrogen and oxygen atoms in total. The molecule has 3 amide bonds. The number of anilines is 2. The maximum atomic E-state index is 13.1. The highest BCUT2D eigenvalue weighted by Crippen LogP contribution is 2.26. The van der Waals surface area contributed by atoms with E-state index >= 15 is 0 Å². The van der Waals surface area contributed by atoms with Crippen LogP contribution >= 0.6 is 11.6 Å². The highest BCUT2D eigenvalue weighted by molar-refractivity contribution is 6.31. The molecule has 0 aliphatic heterocycles. The highest BCUT2D eigenvalue weighted by atomic mass is 35.5. The Morgan fingerprint density at radius 1 is 1.03 bits per heavy atom. The monoisotopic (exact) mass is 495 g/mol. The van der Waals surface area contributed by atoms with Crippen LogP contribution in [0.25, 0.3) is 5.69 Å². The fraction of sp³-hybridized carbons (Fsp3) is 0.370. The van der Waals surface area contributed by atoms with Gasteiger partial charge in [-0.3, -0.25) is 4.79 Å². The molecule has 1 heterocycles. The molecule has 0 aliphatic rings. The molecule has 0 saturated heterocycles. The van der Waals surface area contributed by atoms with Crippen LogP contribution in [0.3, 0.4) is 0 Å². The molecule has 0 unspecified atom stereocenters. The van der Waals surface area contributed by atoms with Crippen molar-refractivity contribution < 1.29 is 9.59 Å². The highest BCUT2D eigenvalue weighted by Gasteiger charge is 2.24. The van der Waals surface area contributed by atoms with Gasteiger partial charge in [0.1, 0.15) is 12.4 Å². The van der Waals surface area contributed by atoms with Crippen molar-refractivity contribution in [2.24, 2.45) is 0 Å². The predicted octanol–water partition coefficient (Wildman–Crippen LogP) is 6.32. The van der Waals surface area contributed by atoms with E-state index in [-0.39, 0.29) is 29.9 Å². The summed E-state index contributed by atoms with van der Waals surface area (Å²) in [5.41, 5.74) is 4.12. The first-order valence-electron chi connectivity index (χ1n) is 11.7. The molecule has 0 saturated carbocycles. The second-order valence-electron chi connectivity index (χ2n) is 10.1. The molecular formula is C27H34ClN5O2. The van der Waals surface area contributed by atoms with Crippen molar-refractivity contribution in [1.29, 1.82) is 0 Å². The van der Waals surface area contributed by atoms with Gasteiger partial charge in [-0.15, -0.1) is 0 Å². The average molecular weight is 496 g/mol. The molecule has 3 rings (SSSR count). The van der Waals surface area contributed by atoms with Crippen LogP contribution in [0.2, 0.25) is 5.02 Å². The number of hydrogen-bond acceptors (Lipinski definition) is 3. The van der Waals surface area contributed by atoms with Gasteiger partial charge < -0.3 is 15.5 Å². The number of urea groups is 1. The first-order chi connectivity index (χ1) is 16.3. The fourth-order valence-corrected chi connectivity index (χ4v) is 3.59. The molecule has 2 N–H and O–H groups in total. The summed E-state index contributed by atoms with van der Waals surface area (Å²) in [4.78, 5) is 27.5. The Kier molecular flexibility index (Phi) is 7.90. The van der Waals surface area contributed by atoms with E-state index in [0.717, 1.165) is 22.5 Å². The van der Waals surface area contributed by atoms with E-state index in [1.165, 1.54) is 4.90 Å². The van der Waals surface area contributed by atoms with E-state index in [1.807, 2.05) is 64.1 Å². The molecule has 3 aromatic rings. The Morgan fingerprint density at radius 3 is 2.26 bits per heavy atom. The lowest BCUT2D eigenvalue weighted by atomic mass is 9.92. The van der Waals surface area contributed by atoms with Gasteiger partial charge in [-0.25, -0.2) is 9.48 Å². The number of amides is 3. The Labute approximate surface area is 212 Å². The van der Waals surface area contributed by atoms with Crippen LogP contribution in [-0.2, 0) is 10.2 Å². The summed E-state index contributed by atoms with van der Waals surface area (Å²) in [6.07, 6.45) is 0. The molecule has 186 valence electrons. The molecule has 0 atom stereocenters. The summed E-state index contributed by atoms with van der Waals surface area (Å²) in [5, 5.41) is 11.1. The molecule has 0 bridgehead atoms. The molecule has 35 heavy (non-hydrogen) atoms. The zero-order chi connectivity index (χ0) is 25.9. The second-order valence-corrected chi connectivity index (χ2v) is 10.5. The van der Waals surface area contributed by atoms with Crippen molar-refractivity contribution in [3.8, 4) is 5.69 Å². The molecule has 0 radical (unpaired) electrons. The molecule has 8 heteroatoms. The van der Waals surface area contributed by atoms with Crippen molar-refractivity contribution in [2.45, 2.75) is 59.9 Å². The van der Waals surface area contributed by atoms with Crippen LogP contribution in [0.1, 0.15) is 51.4 Å².